The summed E-state index contributed by atoms with van der Waals surface area (Å²) in [6.07, 6.45) is 1.17. The molecule has 0 aliphatic carbocycles. The van der Waals surface area contributed by atoms with Crippen molar-refractivity contribution in [2.24, 2.45) is 0 Å². The van der Waals surface area contributed by atoms with Gasteiger partial charge in [-0.25, -0.2) is 0 Å². The second kappa shape index (κ2) is 14.4. The molecule has 0 atom stereocenters. The molecule has 0 saturated carbocycles. The number of carbonyl (C=O) groups excluding carboxylic acids is 1. The fourth-order valence-corrected chi connectivity index (χ4v) is 5.69. The molecule has 2 aromatic heterocycles. The maximum atomic E-state index is 10.0. The summed E-state index contributed by atoms with van der Waals surface area (Å²) in [4.78, 5) is 14.7. The molecule has 8 rings (SSSR count). The number of benzene rings is 5. The van der Waals surface area contributed by atoms with Crippen LogP contribution in [-0.2, 0) is 31.4 Å². The number of aliphatic hydroxyl groups is 1. The number of hydrogen-bond donors (Lipinski definition) is 1. The smallest absolute Gasteiger partial charge is 0.213 e. The van der Waals surface area contributed by atoms with Crippen LogP contribution >= 0.6 is 0 Å². The summed E-state index contributed by atoms with van der Waals surface area (Å²) in [5, 5.41) is 13.3. The molecule has 229 valence electrons. The first-order valence-electron chi connectivity index (χ1n) is 15.0. The molecule has 0 bridgehead atoms. The maximum absolute atomic E-state index is 10.0. The van der Waals surface area contributed by atoms with Crippen molar-refractivity contribution in [2.75, 3.05) is 0 Å². The standard InChI is InChI=1S/C19H12N.C17H14N.C5H8O2.Ir/c1-2-7-16-13-17(10-9-14(16)5-1)19-12-11-15-6-3-4-8-18(15)20-19;1-12-6-7-14-11-18-16-5-3-2-4-13(16)8-9-17(18)15(14)10-12;1-4(6)3-5(2)7;/h1-9,11-13H;2-10H,11H2,1H3;3,6H,1-2H3;/q-1;+1;;. The van der Waals surface area contributed by atoms with Gasteiger partial charge in [-0.2, -0.15) is 4.57 Å². The minimum absolute atomic E-state index is 0. The van der Waals surface area contributed by atoms with E-state index in [1.165, 1.54) is 64.0 Å². The van der Waals surface area contributed by atoms with Gasteiger partial charge in [-0.05, 0) is 56.1 Å². The largest absolute Gasteiger partial charge is 0.512 e. The van der Waals surface area contributed by atoms with Crippen LogP contribution in [0.2, 0.25) is 0 Å². The zero-order valence-corrected chi connectivity index (χ0v) is 28.4. The Labute approximate surface area is 283 Å². The molecule has 0 unspecified atom stereocenters. The van der Waals surface area contributed by atoms with Crippen LogP contribution in [0.1, 0.15) is 25.0 Å². The zero-order valence-electron chi connectivity index (χ0n) is 26.0. The molecular weight excluding hydrogens is 745 g/mol. The Hall–Kier alpha value is -4.96. The Balaban J connectivity index is 0.000000149. The fourth-order valence-electron chi connectivity index (χ4n) is 5.69. The van der Waals surface area contributed by atoms with E-state index in [0.29, 0.717) is 0 Å². The van der Waals surface area contributed by atoms with Crippen LogP contribution in [0.15, 0.2) is 139 Å². The van der Waals surface area contributed by atoms with E-state index in [9.17, 15) is 4.79 Å². The number of hydrogen-bond acceptors (Lipinski definition) is 3. The Kier molecular flexibility index (Phi) is 10.2. The molecule has 1 aliphatic rings. The second-order valence-corrected chi connectivity index (χ2v) is 11.3. The van der Waals surface area contributed by atoms with E-state index < -0.39 is 0 Å². The van der Waals surface area contributed by atoms with Crippen molar-refractivity contribution in [2.45, 2.75) is 27.3 Å². The van der Waals surface area contributed by atoms with E-state index >= 15 is 0 Å². The van der Waals surface area contributed by atoms with Crippen molar-refractivity contribution in [3.8, 4) is 22.5 Å². The fraction of sp³-hybridized carbons (Fsp3) is 0.0976. The van der Waals surface area contributed by atoms with E-state index in [0.717, 1.165) is 28.7 Å². The summed E-state index contributed by atoms with van der Waals surface area (Å²) >= 11 is 0. The molecule has 7 aromatic rings. The number of allylic oxidation sites excluding steroid dienone is 2. The molecule has 1 N–H and O–H groups in total. The summed E-state index contributed by atoms with van der Waals surface area (Å²) in [7, 11) is 0. The summed E-state index contributed by atoms with van der Waals surface area (Å²) in [6.45, 7) is 6.00. The number of pyridine rings is 2. The number of ketones is 1. The molecule has 5 aromatic carbocycles. The quantitative estimate of drug-likeness (QED) is 0.0824. The summed E-state index contributed by atoms with van der Waals surface area (Å²) in [5.74, 6) is -0.0625. The second-order valence-electron chi connectivity index (χ2n) is 11.3. The average Bonchev–Trinajstić information content (AvgIpc) is 3.42. The van der Waals surface area contributed by atoms with E-state index in [4.69, 9.17) is 10.1 Å². The Morgan fingerprint density at radius 3 is 2.20 bits per heavy atom. The average molecular weight is 779 g/mol. The first-order valence-corrected chi connectivity index (χ1v) is 15.0. The minimum atomic E-state index is -0.125. The van der Waals surface area contributed by atoms with Gasteiger partial charge in [0.05, 0.1) is 16.8 Å². The van der Waals surface area contributed by atoms with Crippen molar-refractivity contribution >= 4 is 38.4 Å². The van der Waals surface area contributed by atoms with Gasteiger partial charge < -0.3 is 5.11 Å². The van der Waals surface area contributed by atoms with Gasteiger partial charge in [0.25, 0.3) is 0 Å². The molecule has 3 heterocycles. The van der Waals surface area contributed by atoms with Gasteiger partial charge >= 0.3 is 0 Å². The van der Waals surface area contributed by atoms with Crippen molar-refractivity contribution in [1.82, 2.24) is 4.98 Å². The van der Waals surface area contributed by atoms with Gasteiger partial charge in [-0.1, -0.05) is 89.8 Å². The molecule has 4 nitrogen and oxygen atoms in total. The number of nitrogens with zero attached hydrogens (tertiary/aromatic N) is 2. The van der Waals surface area contributed by atoms with Crippen LogP contribution in [0.25, 0.3) is 55.1 Å². The van der Waals surface area contributed by atoms with Crippen molar-refractivity contribution in [3.05, 3.63) is 156 Å². The zero-order chi connectivity index (χ0) is 31.3. The summed E-state index contributed by atoms with van der Waals surface area (Å²) in [5.41, 5.74) is 9.83. The number of aliphatic hydroxyl groups excluding tert-OH is 1. The van der Waals surface area contributed by atoms with Crippen LogP contribution in [0.5, 0.6) is 0 Å². The van der Waals surface area contributed by atoms with E-state index in [1.54, 1.807) is 0 Å². The third kappa shape index (κ3) is 7.29. The number of aryl methyl sites for hydroxylation is 1. The molecule has 0 saturated heterocycles. The molecule has 1 radical (unpaired) electrons. The monoisotopic (exact) mass is 779 g/mol. The third-order valence-corrected chi connectivity index (χ3v) is 7.77. The van der Waals surface area contributed by atoms with Gasteiger partial charge in [-0.15, -0.1) is 29.1 Å². The van der Waals surface area contributed by atoms with Gasteiger partial charge in [-0.3, -0.25) is 9.78 Å². The van der Waals surface area contributed by atoms with Crippen LogP contribution in [0, 0.1) is 13.0 Å². The summed E-state index contributed by atoms with van der Waals surface area (Å²) < 4.78 is 2.42. The number of carbonyl (C=O) groups is 1. The number of aromatic nitrogens is 2. The number of para-hydroxylation sites is 2. The molecule has 0 fully saturated rings. The third-order valence-electron chi connectivity index (χ3n) is 7.77. The van der Waals surface area contributed by atoms with Crippen LogP contribution < -0.4 is 4.57 Å². The Bertz CT molecular complexity index is 2140. The van der Waals surface area contributed by atoms with Gasteiger partial charge in [0, 0.05) is 49.3 Å². The topological polar surface area (TPSA) is 54.1 Å². The molecular formula is C41H34IrN2O2. The van der Waals surface area contributed by atoms with Gasteiger partial charge in [0.2, 0.25) is 11.2 Å². The molecule has 1 aliphatic heterocycles. The van der Waals surface area contributed by atoms with Gasteiger partial charge in [0.15, 0.2) is 12.3 Å². The van der Waals surface area contributed by atoms with E-state index in [2.05, 4.69) is 115 Å². The Morgan fingerprint density at radius 2 is 1.46 bits per heavy atom. The summed E-state index contributed by atoms with van der Waals surface area (Å²) in [6, 6.07) is 48.0. The van der Waals surface area contributed by atoms with Crippen LogP contribution in [0.4, 0.5) is 0 Å². The van der Waals surface area contributed by atoms with Crippen molar-refractivity contribution in [3.63, 3.8) is 0 Å². The molecule has 5 heteroatoms. The Morgan fingerprint density at radius 1 is 0.783 bits per heavy atom. The van der Waals surface area contributed by atoms with Gasteiger partial charge in [0.1, 0.15) is 0 Å². The number of rotatable bonds is 2. The molecule has 0 amide bonds. The van der Waals surface area contributed by atoms with E-state index in [-0.39, 0.29) is 31.6 Å². The van der Waals surface area contributed by atoms with Crippen LogP contribution in [0.3, 0.4) is 0 Å². The minimum Gasteiger partial charge on any atom is -0.512 e. The maximum Gasteiger partial charge on any atom is 0.213 e. The molecule has 46 heavy (non-hydrogen) atoms. The van der Waals surface area contributed by atoms with Crippen molar-refractivity contribution in [1.29, 1.82) is 0 Å². The van der Waals surface area contributed by atoms with E-state index in [1.807, 2.05) is 30.3 Å². The molecule has 0 spiro atoms. The SMILES string of the molecule is CC(=O)C=C(C)O.Cc1ccc2c(c1)-c1ccc3ccccc3[n+]1C2.[Ir].[c-]1cc2ccccc2cc1-c1ccc2ccccc2n1. The predicted octanol–water partition coefficient (Wildman–Crippen LogP) is 9.35. The first kappa shape index (κ1) is 32.4. The van der Waals surface area contributed by atoms with Crippen molar-refractivity contribution < 1.29 is 34.6 Å². The predicted molar refractivity (Wildman–Crippen MR) is 184 cm³/mol. The first-order chi connectivity index (χ1) is 21.9. The number of fused-ring (bicyclic) bond motifs is 7. The normalized spacial score (nSPS) is 11.4. The van der Waals surface area contributed by atoms with Crippen LogP contribution in [-0.4, -0.2) is 15.9 Å².